The highest BCUT2D eigenvalue weighted by Crippen LogP contribution is 2.44. The van der Waals surface area contributed by atoms with Crippen molar-refractivity contribution in [3.8, 4) is 28.0 Å². The number of aromatic nitrogens is 1. The van der Waals surface area contributed by atoms with E-state index in [1.807, 2.05) is 84.9 Å². The summed E-state index contributed by atoms with van der Waals surface area (Å²) in [6.45, 7) is 2.92. The van der Waals surface area contributed by atoms with Gasteiger partial charge in [0.15, 0.2) is 4.34 Å². The lowest BCUT2D eigenvalue weighted by Gasteiger charge is -2.32. The number of fused-ring (bicyclic) bond motifs is 7. The van der Waals surface area contributed by atoms with E-state index in [0.717, 1.165) is 57.7 Å². The molecule has 344 valence electrons. The number of amides is 2. The Morgan fingerprint density at radius 3 is 1.96 bits per heavy atom. The summed E-state index contributed by atoms with van der Waals surface area (Å²) in [5.41, 5.74) is 4.22. The molecule has 0 saturated carbocycles. The van der Waals surface area contributed by atoms with Crippen LogP contribution in [0.15, 0.2) is 175 Å². The van der Waals surface area contributed by atoms with Crippen LogP contribution in [0.25, 0.3) is 72.8 Å². The quantitative estimate of drug-likeness (QED) is 0.0302. The maximum Gasteiger partial charge on any atom is 0.411 e. The zero-order valence-corrected chi connectivity index (χ0v) is 40.2. The standard InChI is InChI=1S/C55H43N3O7S4/c1-2-49(59)62-29-28-56-52(60)64-32-55(34-66-54-58-44-23-6-10-27-48(44)69-54,31-63-45-24-7-3-16-38(45)41-20-13-22-43-40-18-5-9-26-47(40)68-51(41)43)33-65-53(61)57-36-15-11-14-35(30-36)37-19-12-21-42-39-17-4-8-25-46(39)67-50(37)42/h2-27,30H,1,28-29,31-34H2,(H,56,60)(H,57,61). The minimum atomic E-state index is -1.12. The molecule has 0 spiro atoms. The number of para-hydroxylation sites is 2. The number of carbonyl (C=O) groups is 3. The van der Waals surface area contributed by atoms with Gasteiger partial charge in [-0.15, -0.1) is 34.0 Å². The van der Waals surface area contributed by atoms with Gasteiger partial charge in [-0.1, -0.05) is 134 Å². The van der Waals surface area contributed by atoms with Crippen molar-refractivity contribution in [3.63, 3.8) is 0 Å². The number of thiophene rings is 2. The lowest BCUT2D eigenvalue weighted by Crippen LogP contribution is -2.43. The topological polar surface area (TPSA) is 125 Å². The summed E-state index contributed by atoms with van der Waals surface area (Å²) in [5, 5.41) is 10.3. The van der Waals surface area contributed by atoms with Gasteiger partial charge >= 0.3 is 18.2 Å². The van der Waals surface area contributed by atoms with Crippen molar-refractivity contribution in [2.24, 2.45) is 5.41 Å². The minimum Gasteiger partial charge on any atom is -0.492 e. The summed E-state index contributed by atoms with van der Waals surface area (Å²) in [4.78, 5) is 43.8. The smallest absolute Gasteiger partial charge is 0.411 e. The number of esters is 1. The lowest BCUT2D eigenvalue weighted by molar-refractivity contribution is -0.137. The number of hydrogen-bond acceptors (Lipinski definition) is 12. The fourth-order valence-electron chi connectivity index (χ4n) is 8.13. The number of carbonyl (C=O) groups excluding carboxylic acids is 3. The van der Waals surface area contributed by atoms with Crippen LogP contribution in [0, 0.1) is 5.41 Å². The molecule has 3 aromatic heterocycles. The molecule has 10 aromatic rings. The van der Waals surface area contributed by atoms with Crippen LogP contribution in [0.1, 0.15) is 0 Å². The van der Waals surface area contributed by atoms with Gasteiger partial charge in [-0.05, 0) is 53.6 Å². The average molecular weight is 986 g/mol. The Morgan fingerprint density at radius 2 is 1.22 bits per heavy atom. The molecule has 10 rings (SSSR count). The molecule has 10 nitrogen and oxygen atoms in total. The zero-order valence-electron chi connectivity index (χ0n) is 37.0. The van der Waals surface area contributed by atoms with Gasteiger partial charge in [-0.3, -0.25) is 5.32 Å². The van der Waals surface area contributed by atoms with Crippen LogP contribution in [0.2, 0.25) is 0 Å². The Bertz CT molecular complexity index is 3500. The van der Waals surface area contributed by atoms with Gasteiger partial charge in [0.1, 0.15) is 32.2 Å². The van der Waals surface area contributed by atoms with Gasteiger partial charge in [-0.25, -0.2) is 19.4 Å². The molecule has 1 unspecified atom stereocenters. The molecule has 0 aliphatic heterocycles. The summed E-state index contributed by atoms with van der Waals surface area (Å²) in [6.07, 6.45) is -0.380. The number of nitrogens with one attached hydrogen (secondary N) is 2. The van der Waals surface area contributed by atoms with E-state index in [9.17, 15) is 14.4 Å². The van der Waals surface area contributed by atoms with Gasteiger partial charge in [0.25, 0.3) is 0 Å². The molecule has 7 aromatic carbocycles. The zero-order chi connectivity index (χ0) is 47.2. The number of anilines is 1. The Balaban J connectivity index is 0.944. The van der Waals surface area contributed by atoms with Crippen LogP contribution in [0.5, 0.6) is 5.75 Å². The van der Waals surface area contributed by atoms with Crippen molar-refractivity contribution in [3.05, 3.63) is 170 Å². The van der Waals surface area contributed by atoms with E-state index in [0.29, 0.717) is 11.4 Å². The number of thiazole rings is 1. The van der Waals surface area contributed by atoms with Gasteiger partial charge in [0.2, 0.25) is 0 Å². The number of ether oxygens (including phenoxy) is 4. The largest absolute Gasteiger partial charge is 0.492 e. The van der Waals surface area contributed by atoms with Crippen molar-refractivity contribution in [1.82, 2.24) is 10.3 Å². The first-order valence-corrected chi connectivity index (χ1v) is 25.5. The number of nitrogens with zero attached hydrogens (tertiary/aromatic N) is 1. The van der Waals surface area contributed by atoms with E-state index in [2.05, 4.69) is 90.0 Å². The molecule has 69 heavy (non-hydrogen) atoms. The van der Waals surface area contributed by atoms with Crippen LogP contribution in [-0.4, -0.2) is 61.9 Å². The summed E-state index contributed by atoms with van der Waals surface area (Å²) >= 11 is 6.49. The fourth-order valence-corrected chi connectivity index (χ4v) is 12.8. The number of alkyl carbamates (subject to hydrolysis) is 1. The van der Waals surface area contributed by atoms with Crippen LogP contribution in [-0.2, 0) is 19.0 Å². The monoisotopic (exact) mass is 985 g/mol. The summed E-state index contributed by atoms with van der Waals surface area (Å²) in [5.74, 6) is 0.292. The summed E-state index contributed by atoms with van der Waals surface area (Å²) in [6, 6.07) is 52.8. The van der Waals surface area contributed by atoms with E-state index in [4.69, 9.17) is 23.9 Å². The van der Waals surface area contributed by atoms with E-state index in [-0.39, 0.29) is 38.7 Å². The molecule has 0 aliphatic carbocycles. The third kappa shape index (κ3) is 10.2. The Morgan fingerprint density at radius 1 is 0.609 bits per heavy atom. The molecule has 1 atom stereocenters. The third-order valence-electron chi connectivity index (χ3n) is 11.5. The Labute approximate surface area is 413 Å². The molecule has 14 heteroatoms. The molecule has 0 radical (unpaired) electrons. The van der Waals surface area contributed by atoms with Crippen LogP contribution >= 0.6 is 45.8 Å². The number of thioether (sulfide) groups is 1. The first kappa shape index (κ1) is 45.5. The molecule has 3 heterocycles. The van der Waals surface area contributed by atoms with E-state index in [1.54, 1.807) is 34.0 Å². The van der Waals surface area contributed by atoms with Gasteiger partial charge < -0.3 is 24.3 Å². The Kier molecular flexibility index (Phi) is 13.6. The van der Waals surface area contributed by atoms with Gasteiger partial charge in [-0.2, -0.15) is 0 Å². The average Bonchev–Trinajstić information content (AvgIpc) is 4.11. The lowest BCUT2D eigenvalue weighted by atomic mass is 9.93. The molecule has 0 fully saturated rings. The number of rotatable bonds is 17. The van der Waals surface area contributed by atoms with E-state index in [1.165, 1.54) is 37.3 Å². The molecular formula is C55H43N3O7S4. The first-order valence-electron chi connectivity index (χ1n) is 22.1. The number of benzene rings is 7. The summed E-state index contributed by atoms with van der Waals surface area (Å²) in [7, 11) is 0. The third-order valence-corrected chi connectivity index (χ3v) is 16.5. The van der Waals surface area contributed by atoms with Gasteiger partial charge in [0.05, 0.1) is 22.2 Å². The second-order valence-electron chi connectivity index (χ2n) is 16.2. The molecule has 0 aliphatic rings. The van der Waals surface area contributed by atoms with E-state index >= 15 is 0 Å². The first-order chi connectivity index (χ1) is 33.8. The van der Waals surface area contributed by atoms with Crippen molar-refractivity contribution in [2.45, 2.75) is 4.34 Å². The van der Waals surface area contributed by atoms with Crippen molar-refractivity contribution < 1.29 is 33.3 Å². The van der Waals surface area contributed by atoms with Crippen molar-refractivity contribution in [2.75, 3.05) is 44.0 Å². The van der Waals surface area contributed by atoms with E-state index < -0.39 is 23.6 Å². The Hall–Kier alpha value is -7.23. The SMILES string of the molecule is C=CC(=O)OCCNC(=O)OCC(COC(=O)Nc1cccc(-c2cccc3c2sc2ccccc23)c1)(COc1ccccc1-c1cccc2c1sc1ccccc12)CSc1nc2ccccc2s1. The second-order valence-corrected chi connectivity index (χ2v) is 20.6. The minimum absolute atomic E-state index is 0.00833. The second kappa shape index (κ2) is 20.6. The fraction of sp³-hybridized carbons (Fsp3) is 0.127. The maximum absolute atomic E-state index is 14.0. The molecule has 0 bridgehead atoms. The number of hydrogen-bond donors (Lipinski definition) is 2. The predicted octanol–water partition coefficient (Wildman–Crippen LogP) is 14.2. The van der Waals surface area contributed by atoms with Crippen LogP contribution < -0.4 is 15.4 Å². The predicted molar refractivity (Wildman–Crippen MR) is 283 cm³/mol. The van der Waals surface area contributed by atoms with Crippen LogP contribution in [0.4, 0.5) is 15.3 Å². The highest BCUT2D eigenvalue weighted by Gasteiger charge is 2.37. The highest BCUT2D eigenvalue weighted by atomic mass is 32.2. The van der Waals surface area contributed by atoms with Crippen molar-refractivity contribution >= 4 is 120 Å². The summed E-state index contributed by atoms with van der Waals surface area (Å²) < 4.78 is 30.5. The molecule has 2 amide bonds. The molecule has 2 N–H and O–H groups in total. The molecule has 0 saturated heterocycles. The highest BCUT2D eigenvalue weighted by molar-refractivity contribution is 8.01. The van der Waals surface area contributed by atoms with Crippen LogP contribution in [0.3, 0.4) is 0 Å². The maximum atomic E-state index is 14.0. The normalized spacial score (nSPS) is 12.2. The molecular weight excluding hydrogens is 943 g/mol. The van der Waals surface area contributed by atoms with Crippen molar-refractivity contribution in [1.29, 1.82) is 0 Å². The van der Waals surface area contributed by atoms with Gasteiger partial charge in [0, 0.05) is 69.0 Å².